The van der Waals surface area contributed by atoms with Gasteiger partial charge in [-0.2, -0.15) is 0 Å². The van der Waals surface area contributed by atoms with Crippen LogP contribution in [0.4, 0.5) is 0 Å². The fourth-order valence-electron chi connectivity index (χ4n) is 3.66. The monoisotopic (exact) mass is 422 g/mol. The van der Waals surface area contributed by atoms with Crippen LogP contribution < -0.4 is 5.32 Å². The Morgan fingerprint density at radius 3 is 2.59 bits per heavy atom. The van der Waals surface area contributed by atoms with Gasteiger partial charge in [0, 0.05) is 63.8 Å². The van der Waals surface area contributed by atoms with Gasteiger partial charge in [0.05, 0.1) is 18.6 Å². The van der Waals surface area contributed by atoms with Crippen molar-refractivity contribution in [3.8, 4) is 0 Å². The summed E-state index contributed by atoms with van der Waals surface area (Å²) < 4.78 is 5.34. The summed E-state index contributed by atoms with van der Waals surface area (Å²) in [6, 6.07) is 7.45. The lowest BCUT2D eigenvalue weighted by Gasteiger charge is -2.37. The molecular weight excluding hydrogens is 392 g/mol. The third-order valence-corrected chi connectivity index (χ3v) is 5.69. The minimum absolute atomic E-state index is 0.116. The number of aliphatic hydroxyl groups is 1. The fourth-order valence-corrected chi connectivity index (χ4v) is 3.87. The molecule has 2 fully saturated rings. The number of hydrogen-bond acceptors (Lipinski definition) is 4. The molecule has 3 rings (SSSR count). The second-order valence-corrected chi connectivity index (χ2v) is 8.12. The number of amides is 1. The molecule has 0 aliphatic carbocycles. The van der Waals surface area contributed by atoms with E-state index in [4.69, 9.17) is 16.3 Å². The summed E-state index contributed by atoms with van der Waals surface area (Å²) in [5.74, 6) is 0.916. The van der Waals surface area contributed by atoms with E-state index in [2.05, 4.69) is 15.2 Å². The van der Waals surface area contributed by atoms with E-state index >= 15 is 0 Å². The zero-order chi connectivity index (χ0) is 20.7. The third kappa shape index (κ3) is 6.32. The summed E-state index contributed by atoms with van der Waals surface area (Å²) in [5.41, 5.74) is 0.151. The van der Waals surface area contributed by atoms with Gasteiger partial charge in [0.1, 0.15) is 0 Å². The van der Waals surface area contributed by atoms with Crippen molar-refractivity contribution in [3.05, 3.63) is 34.9 Å². The Kier molecular flexibility index (Phi) is 7.75. The molecule has 1 amide bonds. The molecule has 8 heteroatoms. The molecular formula is C21H31ClN4O3. The molecule has 2 N–H and O–H groups in total. The predicted octanol–water partition coefficient (Wildman–Crippen LogP) is 1.53. The highest BCUT2D eigenvalue weighted by Crippen LogP contribution is 2.21. The smallest absolute Gasteiger partial charge is 0.227 e. The summed E-state index contributed by atoms with van der Waals surface area (Å²) in [5, 5.41) is 14.6. The molecule has 7 nitrogen and oxygen atoms in total. The topological polar surface area (TPSA) is 77.4 Å². The van der Waals surface area contributed by atoms with E-state index in [1.54, 1.807) is 0 Å². The van der Waals surface area contributed by atoms with Gasteiger partial charge >= 0.3 is 0 Å². The predicted molar refractivity (Wildman–Crippen MR) is 114 cm³/mol. The van der Waals surface area contributed by atoms with Crippen molar-refractivity contribution in [2.45, 2.75) is 31.8 Å². The van der Waals surface area contributed by atoms with E-state index in [1.807, 2.05) is 36.1 Å². The number of guanidine groups is 1. The molecule has 0 aromatic heterocycles. The first-order valence-electron chi connectivity index (χ1n) is 10.3. The Balaban J connectivity index is 1.54. The van der Waals surface area contributed by atoms with Gasteiger partial charge in [-0.05, 0) is 24.6 Å². The lowest BCUT2D eigenvalue weighted by atomic mass is 9.95. The van der Waals surface area contributed by atoms with Crippen LogP contribution in [0.1, 0.15) is 25.3 Å². The van der Waals surface area contributed by atoms with Crippen LogP contribution in [-0.4, -0.2) is 84.9 Å². The van der Waals surface area contributed by atoms with Crippen molar-refractivity contribution in [1.29, 1.82) is 0 Å². The number of rotatable bonds is 5. The second-order valence-electron chi connectivity index (χ2n) is 7.68. The maximum absolute atomic E-state index is 12.6. The largest absolute Gasteiger partial charge is 0.388 e. The Hall–Kier alpha value is -1.83. The Morgan fingerprint density at radius 2 is 1.93 bits per heavy atom. The lowest BCUT2D eigenvalue weighted by molar-refractivity contribution is -0.131. The Labute approximate surface area is 177 Å². The van der Waals surface area contributed by atoms with Gasteiger partial charge in [0.25, 0.3) is 0 Å². The van der Waals surface area contributed by atoms with Gasteiger partial charge in [-0.15, -0.1) is 0 Å². The average molecular weight is 423 g/mol. The summed E-state index contributed by atoms with van der Waals surface area (Å²) in [6.45, 7) is 7.06. The van der Waals surface area contributed by atoms with Crippen molar-refractivity contribution >= 4 is 23.5 Å². The molecule has 29 heavy (non-hydrogen) atoms. The molecule has 160 valence electrons. The number of carbonyl (C=O) groups is 1. The van der Waals surface area contributed by atoms with Gasteiger partial charge in [-0.1, -0.05) is 23.7 Å². The number of nitrogens with one attached hydrogen (secondary N) is 1. The van der Waals surface area contributed by atoms with Crippen LogP contribution in [-0.2, 0) is 16.0 Å². The standard InChI is InChI=1S/C21H31ClN4O3/c1-2-23-20(24-16-21(28)6-12-29-13-7-21)26-10-8-25(9-11-26)19(27)15-17-4-3-5-18(22)14-17/h3-5,14,28H,2,6-13,15-16H2,1H3,(H,23,24). The molecule has 0 unspecified atom stereocenters. The Bertz CT molecular complexity index is 714. The highest BCUT2D eigenvalue weighted by atomic mass is 35.5. The maximum Gasteiger partial charge on any atom is 0.227 e. The summed E-state index contributed by atoms with van der Waals surface area (Å²) in [7, 11) is 0. The van der Waals surface area contributed by atoms with Gasteiger partial charge in [-0.25, -0.2) is 0 Å². The summed E-state index contributed by atoms with van der Waals surface area (Å²) in [4.78, 5) is 21.4. The van der Waals surface area contributed by atoms with Crippen LogP contribution >= 0.6 is 11.6 Å². The summed E-state index contributed by atoms with van der Waals surface area (Å²) >= 11 is 6.02. The molecule has 2 aliphatic heterocycles. The van der Waals surface area contributed by atoms with Crippen LogP contribution in [0.2, 0.25) is 5.02 Å². The normalized spacial score (nSPS) is 19.9. The van der Waals surface area contributed by atoms with Crippen molar-refractivity contribution < 1.29 is 14.6 Å². The molecule has 0 bridgehead atoms. The van der Waals surface area contributed by atoms with E-state index in [9.17, 15) is 9.90 Å². The van der Waals surface area contributed by atoms with E-state index in [1.165, 1.54) is 0 Å². The highest BCUT2D eigenvalue weighted by Gasteiger charge is 2.30. The SMILES string of the molecule is CCNC(=NCC1(O)CCOCC1)N1CCN(C(=O)Cc2cccc(Cl)c2)CC1. The number of piperazine rings is 1. The maximum atomic E-state index is 12.6. The van der Waals surface area contributed by atoms with Crippen molar-refractivity contribution in [1.82, 2.24) is 15.1 Å². The number of benzene rings is 1. The fraction of sp³-hybridized carbons (Fsp3) is 0.619. The van der Waals surface area contributed by atoms with Crippen LogP contribution in [0.25, 0.3) is 0 Å². The first-order valence-corrected chi connectivity index (χ1v) is 10.7. The zero-order valence-electron chi connectivity index (χ0n) is 17.1. The van der Waals surface area contributed by atoms with Crippen LogP contribution in [0.15, 0.2) is 29.3 Å². The Morgan fingerprint density at radius 1 is 1.24 bits per heavy atom. The second kappa shape index (κ2) is 10.3. The molecule has 2 aliphatic rings. The van der Waals surface area contributed by atoms with Gasteiger partial charge in [0.15, 0.2) is 5.96 Å². The van der Waals surface area contributed by atoms with E-state index in [-0.39, 0.29) is 5.91 Å². The third-order valence-electron chi connectivity index (χ3n) is 5.46. The first-order chi connectivity index (χ1) is 14.0. The molecule has 2 heterocycles. The number of nitrogens with zero attached hydrogens (tertiary/aromatic N) is 3. The number of carbonyl (C=O) groups excluding carboxylic acids is 1. The van der Waals surface area contributed by atoms with E-state index in [0.29, 0.717) is 70.2 Å². The molecule has 2 saturated heterocycles. The summed E-state index contributed by atoms with van der Waals surface area (Å²) in [6.07, 6.45) is 1.59. The molecule has 1 aromatic carbocycles. The average Bonchev–Trinajstić information content (AvgIpc) is 2.72. The number of ether oxygens (including phenoxy) is 1. The van der Waals surface area contributed by atoms with Crippen LogP contribution in [0.5, 0.6) is 0 Å². The van der Waals surface area contributed by atoms with Gasteiger partial charge in [0.2, 0.25) is 5.91 Å². The van der Waals surface area contributed by atoms with Crippen molar-refractivity contribution in [2.24, 2.45) is 4.99 Å². The van der Waals surface area contributed by atoms with E-state index in [0.717, 1.165) is 18.1 Å². The molecule has 0 saturated carbocycles. The lowest BCUT2D eigenvalue weighted by Crippen LogP contribution is -2.54. The quantitative estimate of drug-likeness (QED) is 0.556. The van der Waals surface area contributed by atoms with Crippen molar-refractivity contribution in [2.75, 3.05) is 52.5 Å². The minimum Gasteiger partial charge on any atom is -0.388 e. The first kappa shape index (κ1) is 21.9. The molecule has 0 radical (unpaired) electrons. The van der Waals surface area contributed by atoms with Crippen LogP contribution in [0.3, 0.4) is 0 Å². The van der Waals surface area contributed by atoms with Crippen LogP contribution in [0, 0.1) is 0 Å². The van der Waals surface area contributed by atoms with Gasteiger partial charge in [-0.3, -0.25) is 9.79 Å². The number of halogens is 1. The van der Waals surface area contributed by atoms with E-state index < -0.39 is 5.60 Å². The number of hydrogen-bond donors (Lipinski definition) is 2. The van der Waals surface area contributed by atoms with Gasteiger partial charge < -0.3 is 25.0 Å². The molecule has 0 spiro atoms. The minimum atomic E-state index is -0.784. The number of aliphatic imine (C=N–C) groups is 1. The molecule has 0 atom stereocenters. The van der Waals surface area contributed by atoms with Crippen molar-refractivity contribution in [3.63, 3.8) is 0 Å². The zero-order valence-corrected chi connectivity index (χ0v) is 17.8. The molecule has 1 aromatic rings. The highest BCUT2D eigenvalue weighted by molar-refractivity contribution is 6.30.